The Morgan fingerprint density at radius 2 is 1.62 bits per heavy atom. The van der Waals surface area contributed by atoms with Crippen LogP contribution in [0.5, 0.6) is 0 Å². The zero-order chi connectivity index (χ0) is 44.4. The van der Waals surface area contributed by atoms with Gasteiger partial charge in [0, 0.05) is 81.4 Å². The third-order valence-corrected chi connectivity index (χ3v) is 14.3. The zero-order valence-electron chi connectivity index (χ0n) is 35.9. The minimum Gasteiger partial charge on any atom is -0.371 e. The molecule has 3 fully saturated rings. The number of rotatable bonds is 15. The molecule has 4 aliphatic heterocycles. The molecule has 2 aromatic heterocycles. The number of carbonyl (C=O) groups is 2. The number of aromatic amines is 1. The largest absolute Gasteiger partial charge is 0.371 e. The van der Waals surface area contributed by atoms with Crippen LogP contribution < -0.4 is 40.7 Å². The number of para-hydroxylation sites is 1. The lowest BCUT2D eigenvalue weighted by atomic mass is 9.89. The first kappa shape index (κ1) is 43.4. The van der Waals surface area contributed by atoms with E-state index in [0.29, 0.717) is 71.1 Å². The molecule has 0 aliphatic carbocycles. The monoisotopic (exact) mass is 895 g/mol. The smallest absolute Gasteiger partial charge is 0.234 e. The van der Waals surface area contributed by atoms with Crippen LogP contribution in [0.2, 0.25) is 0 Å². The highest BCUT2D eigenvalue weighted by atomic mass is 32.2. The number of piperidine rings is 3. The van der Waals surface area contributed by atoms with Crippen molar-refractivity contribution in [2.24, 2.45) is 5.92 Å². The number of nitrogens with one attached hydrogen (secondary N) is 6. The Morgan fingerprint density at radius 3 is 2.39 bits per heavy atom. The molecule has 64 heavy (non-hydrogen) atoms. The number of aromatic nitrogens is 3. The predicted octanol–water partition coefficient (Wildman–Crippen LogP) is 6.02. The molecule has 3 aromatic carbocycles. The van der Waals surface area contributed by atoms with Gasteiger partial charge in [0.05, 0.1) is 34.6 Å². The molecule has 15 nitrogen and oxygen atoms in total. The van der Waals surface area contributed by atoms with Crippen LogP contribution >= 0.6 is 0 Å². The SMILES string of the molecule is CS(=O)(=O)N1CCc2cccc(Nc3nc(Nc4ccc(N5CCC(NCCNCCC6CCN(c7ccc(C8CCC(=O)NC8=O)c(F)c7)CC6)CC5)c(F)c4)nc4[nH]ccc34)c21. The van der Waals surface area contributed by atoms with E-state index in [1.54, 1.807) is 18.3 Å². The van der Waals surface area contributed by atoms with Crippen LogP contribution in [0.1, 0.15) is 62.0 Å². The number of halogens is 2. The Hall–Kier alpha value is -5.85. The third-order valence-electron chi connectivity index (χ3n) is 13.1. The molecule has 9 rings (SSSR count). The van der Waals surface area contributed by atoms with Crippen LogP contribution in [0, 0.1) is 17.6 Å². The molecule has 0 radical (unpaired) electrons. The molecular formula is C46H55F2N11O4S. The molecule has 0 bridgehead atoms. The first-order valence-corrected chi connectivity index (χ1v) is 24.2. The van der Waals surface area contributed by atoms with Crippen LogP contribution in [0.25, 0.3) is 11.0 Å². The van der Waals surface area contributed by atoms with Crippen LogP contribution in [-0.2, 0) is 26.0 Å². The first-order chi connectivity index (χ1) is 31.0. The summed E-state index contributed by atoms with van der Waals surface area (Å²) in [5.41, 5.74) is 4.99. The van der Waals surface area contributed by atoms with Crippen molar-refractivity contribution in [2.75, 3.05) is 83.4 Å². The third kappa shape index (κ3) is 9.63. The van der Waals surface area contributed by atoms with Gasteiger partial charge < -0.3 is 36.1 Å². The number of sulfonamides is 1. The summed E-state index contributed by atoms with van der Waals surface area (Å²) in [6, 6.07) is 18.1. The van der Waals surface area contributed by atoms with Crippen LogP contribution in [0.15, 0.2) is 66.9 Å². The number of imide groups is 1. The van der Waals surface area contributed by atoms with Crippen LogP contribution in [-0.4, -0.2) is 99.8 Å². The molecule has 1 unspecified atom stereocenters. The summed E-state index contributed by atoms with van der Waals surface area (Å²) >= 11 is 0. The van der Waals surface area contributed by atoms with Gasteiger partial charge in [-0.3, -0.25) is 19.2 Å². The van der Waals surface area contributed by atoms with E-state index in [1.807, 2.05) is 36.4 Å². The number of benzene rings is 3. The van der Waals surface area contributed by atoms with Gasteiger partial charge in [0.15, 0.2) is 0 Å². The molecule has 1 atom stereocenters. The van der Waals surface area contributed by atoms with Crippen molar-refractivity contribution >= 4 is 73.1 Å². The van der Waals surface area contributed by atoms with Gasteiger partial charge in [-0.1, -0.05) is 18.2 Å². The number of H-pyrrole nitrogens is 1. The number of hydrogen-bond acceptors (Lipinski definition) is 12. The normalized spacial score (nSPS) is 18.7. The van der Waals surface area contributed by atoms with Crippen LogP contribution in [0.4, 0.5) is 49.0 Å². The lowest BCUT2D eigenvalue weighted by Gasteiger charge is -2.34. The standard InChI is InChI=1S/C46H55F2N11O4S/c1-64(62,63)59-26-15-30-3-2-4-39(42(30)59)53-44-36-12-19-51-43(36)55-46(56-44)52-32-5-9-40(38(48)27-32)58-24-16-31(17-25-58)50-21-20-49-18-11-29-13-22-57(23-14-29)33-6-7-34(37(47)28-33)35-8-10-41(60)54-45(35)61/h2-7,9,12,19,27-29,31,35,49-50H,8,10-11,13-18,20-26H2,1H3,(H,54,60,61)(H3,51,52,53,55,56). The maximum Gasteiger partial charge on any atom is 0.234 e. The molecule has 3 saturated heterocycles. The molecule has 0 spiro atoms. The van der Waals surface area contributed by atoms with E-state index in [4.69, 9.17) is 4.98 Å². The molecule has 338 valence electrons. The quantitative estimate of drug-likeness (QED) is 0.0533. The summed E-state index contributed by atoms with van der Waals surface area (Å²) in [4.78, 5) is 40.5. The van der Waals surface area contributed by atoms with E-state index in [9.17, 15) is 18.0 Å². The van der Waals surface area contributed by atoms with Crippen molar-refractivity contribution in [1.82, 2.24) is 30.9 Å². The molecule has 2 amide bonds. The van der Waals surface area contributed by atoms with Gasteiger partial charge in [-0.2, -0.15) is 9.97 Å². The molecular weight excluding hydrogens is 841 g/mol. The number of anilines is 7. The lowest BCUT2D eigenvalue weighted by Crippen LogP contribution is -2.44. The molecule has 0 saturated carbocycles. The van der Waals surface area contributed by atoms with Crippen LogP contribution in [0.3, 0.4) is 0 Å². The van der Waals surface area contributed by atoms with Gasteiger partial charge in [-0.05, 0) is 105 Å². The Kier molecular flexibility index (Phi) is 12.7. The topological polar surface area (TPSA) is 180 Å². The lowest BCUT2D eigenvalue weighted by molar-refractivity contribution is -0.134. The van der Waals surface area contributed by atoms with Gasteiger partial charge in [-0.25, -0.2) is 17.2 Å². The van der Waals surface area contributed by atoms with Crippen molar-refractivity contribution in [3.05, 3.63) is 89.6 Å². The Morgan fingerprint density at radius 1 is 0.812 bits per heavy atom. The van der Waals surface area contributed by atoms with E-state index >= 15 is 8.78 Å². The summed E-state index contributed by atoms with van der Waals surface area (Å²) in [5.74, 6) is -0.734. The molecule has 4 aliphatic rings. The minimum absolute atomic E-state index is 0.224. The zero-order valence-corrected chi connectivity index (χ0v) is 36.7. The van der Waals surface area contributed by atoms with E-state index in [-0.39, 0.29) is 24.1 Å². The number of fused-ring (bicyclic) bond motifs is 2. The van der Waals surface area contributed by atoms with E-state index in [1.165, 1.54) is 22.7 Å². The Balaban J connectivity index is 0.696. The fraction of sp³-hybridized carbons (Fsp3) is 0.435. The van der Waals surface area contributed by atoms with E-state index in [0.717, 1.165) is 94.6 Å². The molecule has 6 N–H and O–H groups in total. The van der Waals surface area contributed by atoms with Gasteiger partial charge >= 0.3 is 0 Å². The second kappa shape index (κ2) is 18.7. The maximum absolute atomic E-state index is 15.7. The maximum atomic E-state index is 15.7. The van der Waals surface area contributed by atoms with Gasteiger partial charge in [-0.15, -0.1) is 0 Å². The van der Waals surface area contributed by atoms with Crippen molar-refractivity contribution in [3.63, 3.8) is 0 Å². The van der Waals surface area contributed by atoms with Crippen molar-refractivity contribution < 1.29 is 26.8 Å². The highest BCUT2D eigenvalue weighted by molar-refractivity contribution is 7.92. The average molecular weight is 896 g/mol. The van der Waals surface area contributed by atoms with E-state index < -0.39 is 27.7 Å². The second-order valence-electron chi connectivity index (χ2n) is 17.3. The highest BCUT2D eigenvalue weighted by Gasteiger charge is 2.32. The molecule has 5 aromatic rings. The Bertz CT molecular complexity index is 2630. The first-order valence-electron chi connectivity index (χ1n) is 22.3. The average Bonchev–Trinajstić information content (AvgIpc) is 3.95. The van der Waals surface area contributed by atoms with Crippen molar-refractivity contribution in [1.29, 1.82) is 0 Å². The summed E-state index contributed by atoms with van der Waals surface area (Å²) in [5, 5.41) is 16.8. The summed E-state index contributed by atoms with van der Waals surface area (Å²) < 4.78 is 57.3. The fourth-order valence-electron chi connectivity index (χ4n) is 9.63. The summed E-state index contributed by atoms with van der Waals surface area (Å²) in [6.07, 6.45) is 9.14. The summed E-state index contributed by atoms with van der Waals surface area (Å²) in [6.45, 7) is 6.26. The number of amides is 2. The minimum atomic E-state index is -3.47. The molecule has 18 heteroatoms. The second-order valence-corrected chi connectivity index (χ2v) is 19.3. The highest BCUT2D eigenvalue weighted by Crippen LogP contribution is 2.40. The number of hydrogen-bond donors (Lipinski definition) is 6. The van der Waals surface area contributed by atoms with Gasteiger partial charge in [0.25, 0.3) is 0 Å². The Labute approximate surface area is 371 Å². The van der Waals surface area contributed by atoms with Crippen molar-refractivity contribution in [3.8, 4) is 0 Å². The van der Waals surface area contributed by atoms with E-state index in [2.05, 4.69) is 46.4 Å². The van der Waals surface area contributed by atoms with Gasteiger partial charge in [0.1, 0.15) is 23.1 Å². The fourth-order valence-corrected chi connectivity index (χ4v) is 10.6. The predicted molar refractivity (Wildman–Crippen MR) is 246 cm³/mol. The molecule has 6 heterocycles. The number of nitrogens with zero attached hydrogens (tertiary/aromatic N) is 5. The number of carbonyl (C=O) groups excluding carboxylic acids is 2. The van der Waals surface area contributed by atoms with Gasteiger partial charge in [0.2, 0.25) is 27.8 Å². The van der Waals surface area contributed by atoms with Crippen molar-refractivity contribution in [2.45, 2.75) is 63.3 Å². The summed E-state index contributed by atoms with van der Waals surface area (Å²) in [7, 11) is -3.47.